The van der Waals surface area contributed by atoms with Crippen LogP contribution in [-0.2, 0) is 10.0 Å². The van der Waals surface area contributed by atoms with Crippen LogP contribution in [0.15, 0.2) is 51.8 Å². The Morgan fingerprint density at radius 2 is 1.88 bits per heavy atom. The van der Waals surface area contributed by atoms with Crippen molar-refractivity contribution in [1.82, 2.24) is 4.72 Å². The predicted molar refractivity (Wildman–Crippen MR) is 90.7 cm³/mol. The highest BCUT2D eigenvalue weighted by Crippen LogP contribution is 2.26. The first kappa shape index (κ1) is 18.8. The fourth-order valence-electron chi connectivity index (χ4n) is 2.15. The summed E-state index contributed by atoms with van der Waals surface area (Å²) in [6.45, 7) is 0.545. The van der Waals surface area contributed by atoms with Gasteiger partial charge in [-0.05, 0) is 65.2 Å². The van der Waals surface area contributed by atoms with E-state index in [0.29, 0.717) is 10.0 Å². The van der Waals surface area contributed by atoms with E-state index in [4.69, 9.17) is 0 Å². The van der Waals surface area contributed by atoms with Crippen LogP contribution >= 0.6 is 15.9 Å². The molecule has 0 bridgehead atoms. The monoisotopic (exact) mass is 419 g/mol. The Bertz CT molecular complexity index is 828. The average molecular weight is 420 g/mol. The van der Waals surface area contributed by atoms with Crippen molar-refractivity contribution in [3.63, 3.8) is 0 Å². The number of ether oxygens (including phenoxy) is 1. The second-order valence-electron chi connectivity index (χ2n) is 5.23. The first-order chi connectivity index (χ1) is 11.2. The van der Waals surface area contributed by atoms with Gasteiger partial charge in [0.2, 0.25) is 10.0 Å². The highest BCUT2D eigenvalue weighted by molar-refractivity contribution is 9.10. The number of halogens is 3. The molecule has 0 radical (unpaired) electrons. The van der Waals surface area contributed by atoms with E-state index in [-0.39, 0.29) is 10.6 Å². The fourth-order valence-corrected chi connectivity index (χ4v) is 4.57. The number of benzene rings is 2. The summed E-state index contributed by atoms with van der Waals surface area (Å²) in [5.74, 6) is -0.0231. The van der Waals surface area contributed by atoms with Gasteiger partial charge in [0.15, 0.2) is 0 Å². The molecule has 0 fully saturated rings. The summed E-state index contributed by atoms with van der Waals surface area (Å²) in [6, 6.07) is 10.2. The molecule has 8 heteroatoms. The minimum absolute atomic E-state index is 0.0231. The Morgan fingerprint density at radius 3 is 2.50 bits per heavy atom. The molecule has 0 aromatic heterocycles. The topological polar surface area (TPSA) is 55.4 Å². The maximum atomic E-state index is 12.5. The number of hydrogen-bond donors (Lipinski definition) is 1. The van der Waals surface area contributed by atoms with E-state index in [2.05, 4.69) is 25.4 Å². The Labute approximate surface area is 148 Å². The van der Waals surface area contributed by atoms with Gasteiger partial charge in [0.25, 0.3) is 0 Å². The summed E-state index contributed by atoms with van der Waals surface area (Å²) >= 11 is 3.25. The lowest BCUT2D eigenvalue weighted by atomic mass is 10.1. The normalized spacial score (nSPS) is 13.1. The molecule has 4 nitrogen and oxygen atoms in total. The van der Waals surface area contributed by atoms with Gasteiger partial charge in [-0.1, -0.05) is 18.2 Å². The molecule has 0 aliphatic carbocycles. The Kier molecular flexibility index (Phi) is 5.95. The lowest BCUT2D eigenvalue weighted by molar-refractivity contribution is -0.0499. The van der Waals surface area contributed by atoms with Crippen LogP contribution in [-0.4, -0.2) is 15.0 Å². The van der Waals surface area contributed by atoms with Gasteiger partial charge in [-0.2, -0.15) is 8.78 Å². The third-order valence-corrected chi connectivity index (χ3v) is 5.81. The van der Waals surface area contributed by atoms with E-state index in [9.17, 15) is 17.2 Å². The number of sulfonamides is 1. The molecule has 0 amide bonds. The van der Waals surface area contributed by atoms with Crippen LogP contribution in [0.4, 0.5) is 8.78 Å². The second kappa shape index (κ2) is 7.58. The van der Waals surface area contributed by atoms with Gasteiger partial charge in [-0.3, -0.25) is 0 Å². The summed E-state index contributed by atoms with van der Waals surface area (Å²) < 4.78 is 56.9. The summed E-state index contributed by atoms with van der Waals surface area (Å²) in [5, 5.41) is 0. The number of aryl methyl sites for hydroxylation is 1. The van der Waals surface area contributed by atoms with Gasteiger partial charge in [0.05, 0.1) is 4.90 Å². The Hall–Kier alpha value is -1.51. The van der Waals surface area contributed by atoms with Crippen LogP contribution in [0.1, 0.15) is 24.1 Å². The van der Waals surface area contributed by atoms with Crippen molar-refractivity contribution in [3.8, 4) is 5.75 Å². The van der Waals surface area contributed by atoms with Crippen LogP contribution in [0.3, 0.4) is 0 Å². The summed E-state index contributed by atoms with van der Waals surface area (Å²) in [6.07, 6.45) is 0. The highest BCUT2D eigenvalue weighted by Gasteiger charge is 2.21. The molecule has 1 unspecified atom stereocenters. The molecule has 0 saturated heterocycles. The Balaban J connectivity index is 2.23. The fraction of sp³-hybridized carbons (Fsp3) is 0.250. The molecule has 24 heavy (non-hydrogen) atoms. The smallest absolute Gasteiger partial charge is 0.387 e. The van der Waals surface area contributed by atoms with Crippen LogP contribution in [0.25, 0.3) is 0 Å². The molecule has 1 atom stereocenters. The largest absolute Gasteiger partial charge is 0.435 e. The zero-order valence-corrected chi connectivity index (χ0v) is 15.4. The molecule has 0 aliphatic rings. The molecule has 2 rings (SSSR count). The van der Waals surface area contributed by atoms with Crippen molar-refractivity contribution in [2.45, 2.75) is 31.4 Å². The molecule has 0 aliphatic heterocycles. The standard InChI is InChI=1S/C16H16BrF2NO3S/c1-10-6-7-15(14(17)8-10)24(21,22)20-11(2)12-4-3-5-13(9-12)23-16(18)19/h3-9,11,16,20H,1-2H3. The van der Waals surface area contributed by atoms with E-state index in [1.807, 2.05) is 6.92 Å². The second-order valence-corrected chi connectivity index (χ2v) is 7.76. The van der Waals surface area contributed by atoms with Gasteiger partial charge in [0, 0.05) is 10.5 Å². The quantitative estimate of drug-likeness (QED) is 0.754. The van der Waals surface area contributed by atoms with Crippen molar-refractivity contribution in [1.29, 1.82) is 0 Å². The van der Waals surface area contributed by atoms with Crippen molar-refractivity contribution >= 4 is 26.0 Å². The third kappa shape index (κ3) is 4.75. The molecule has 0 saturated carbocycles. The zero-order chi connectivity index (χ0) is 17.9. The SMILES string of the molecule is Cc1ccc(S(=O)(=O)NC(C)c2cccc(OC(F)F)c2)c(Br)c1. The van der Waals surface area contributed by atoms with E-state index >= 15 is 0 Å². The lowest BCUT2D eigenvalue weighted by Gasteiger charge is -2.16. The highest BCUT2D eigenvalue weighted by atomic mass is 79.9. The van der Waals surface area contributed by atoms with E-state index in [1.54, 1.807) is 25.1 Å². The van der Waals surface area contributed by atoms with Crippen LogP contribution in [0.2, 0.25) is 0 Å². The maximum absolute atomic E-state index is 12.5. The number of rotatable bonds is 6. The molecule has 1 N–H and O–H groups in total. The van der Waals surface area contributed by atoms with Crippen molar-refractivity contribution < 1.29 is 21.9 Å². The maximum Gasteiger partial charge on any atom is 0.387 e. The molecule has 2 aromatic rings. The van der Waals surface area contributed by atoms with Crippen LogP contribution in [0, 0.1) is 6.92 Å². The summed E-state index contributed by atoms with van der Waals surface area (Å²) in [4.78, 5) is 0.111. The number of alkyl halides is 2. The molecule has 130 valence electrons. The third-order valence-electron chi connectivity index (χ3n) is 3.29. The van der Waals surface area contributed by atoms with E-state index in [1.165, 1.54) is 24.3 Å². The molecule has 0 heterocycles. The summed E-state index contributed by atoms with van der Waals surface area (Å²) in [5.41, 5.74) is 1.44. The van der Waals surface area contributed by atoms with E-state index < -0.39 is 22.7 Å². The van der Waals surface area contributed by atoms with Crippen molar-refractivity contribution in [3.05, 3.63) is 58.1 Å². The minimum atomic E-state index is -3.78. The Morgan fingerprint density at radius 1 is 1.17 bits per heavy atom. The van der Waals surface area contributed by atoms with Gasteiger partial charge in [0.1, 0.15) is 5.75 Å². The van der Waals surface area contributed by atoms with Crippen molar-refractivity contribution in [2.75, 3.05) is 0 Å². The van der Waals surface area contributed by atoms with Crippen molar-refractivity contribution in [2.24, 2.45) is 0 Å². The molecular weight excluding hydrogens is 404 g/mol. The number of hydrogen-bond acceptors (Lipinski definition) is 3. The number of nitrogens with one attached hydrogen (secondary N) is 1. The van der Waals surface area contributed by atoms with E-state index in [0.717, 1.165) is 5.56 Å². The molecule has 0 spiro atoms. The van der Waals surface area contributed by atoms with Gasteiger partial charge < -0.3 is 4.74 Å². The van der Waals surface area contributed by atoms with Gasteiger partial charge >= 0.3 is 6.61 Å². The summed E-state index contributed by atoms with van der Waals surface area (Å²) in [7, 11) is -3.78. The van der Waals surface area contributed by atoms with Crippen LogP contribution < -0.4 is 9.46 Å². The first-order valence-corrected chi connectivity index (χ1v) is 9.30. The zero-order valence-electron chi connectivity index (χ0n) is 13.0. The molecule has 2 aromatic carbocycles. The van der Waals surface area contributed by atoms with Gasteiger partial charge in [-0.15, -0.1) is 0 Å². The molecular formula is C16H16BrF2NO3S. The predicted octanol–water partition coefficient (Wildman–Crippen LogP) is 4.40. The minimum Gasteiger partial charge on any atom is -0.435 e. The first-order valence-electron chi connectivity index (χ1n) is 7.02. The average Bonchev–Trinajstić information content (AvgIpc) is 2.45. The lowest BCUT2D eigenvalue weighted by Crippen LogP contribution is -2.27. The van der Waals surface area contributed by atoms with Crippen LogP contribution in [0.5, 0.6) is 5.75 Å². The van der Waals surface area contributed by atoms with Gasteiger partial charge in [-0.25, -0.2) is 13.1 Å².